The fraction of sp³-hybridized carbons (Fsp3) is 0.385. The van der Waals surface area contributed by atoms with Crippen LogP contribution >= 0.6 is 0 Å². The number of allylic oxidation sites excluding steroid dienone is 1. The second-order valence-corrected chi connectivity index (χ2v) is 3.80. The average Bonchev–Trinajstić information content (AvgIpc) is 2.29. The highest BCUT2D eigenvalue weighted by molar-refractivity contribution is 5.15. The van der Waals surface area contributed by atoms with Crippen molar-refractivity contribution < 1.29 is 0 Å². The lowest BCUT2D eigenvalue weighted by molar-refractivity contribution is 0.359. The maximum atomic E-state index is 2.41. The Morgan fingerprint density at radius 3 is 2.71 bits per heavy atom. The van der Waals surface area contributed by atoms with E-state index < -0.39 is 0 Å². The molecule has 0 radical (unpaired) electrons. The molecule has 0 fully saturated rings. The summed E-state index contributed by atoms with van der Waals surface area (Å²) >= 11 is 0. The first kappa shape index (κ1) is 9.32. The molecule has 1 heteroatoms. The summed E-state index contributed by atoms with van der Waals surface area (Å²) in [6.45, 7) is 2.38. The molecule has 0 unspecified atom stereocenters. The van der Waals surface area contributed by atoms with Gasteiger partial charge in [0.25, 0.3) is 0 Å². The maximum Gasteiger partial charge on any atom is 0.0212 e. The van der Waals surface area contributed by atoms with Gasteiger partial charge in [0.2, 0.25) is 0 Å². The minimum absolute atomic E-state index is 1.15. The molecule has 74 valence electrons. The molecule has 1 nitrogen and oxygen atoms in total. The summed E-state index contributed by atoms with van der Waals surface area (Å²) < 4.78 is 0. The van der Waals surface area contributed by atoms with Crippen molar-refractivity contribution in [1.29, 1.82) is 0 Å². The van der Waals surface area contributed by atoms with Crippen molar-refractivity contribution in [2.75, 3.05) is 13.1 Å². The number of benzene rings is 1. The highest BCUT2D eigenvalue weighted by atomic mass is 15.1. The highest BCUT2D eigenvalue weighted by Gasteiger charge is 2.02. The van der Waals surface area contributed by atoms with E-state index in [1.54, 1.807) is 0 Å². The Bertz CT molecular complexity index is 289. The summed E-state index contributed by atoms with van der Waals surface area (Å²) in [6, 6.07) is 10.7. The van der Waals surface area contributed by atoms with Crippen LogP contribution in [0.1, 0.15) is 18.4 Å². The van der Waals surface area contributed by atoms with E-state index in [9.17, 15) is 0 Å². The molecule has 0 aliphatic carbocycles. The third-order valence-electron chi connectivity index (χ3n) is 2.66. The van der Waals surface area contributed by atoms with Crippen LogP contribution in [-0.2, 0) is 6.42 Å². The zero-order valence-electron chi connectivity index (χ0n) is 8.52. The van der Waals surface area contributed by atoms with E-state index >= 15 is 0 Å². The molecule has 2 rings (SSSR count). The lowest BCUT2D eigenvalue weighted by Gasteiger charge is -2.23. The zero-order chi connectivity index (χ0) is 9.64. The number of hydrogen-bond donors (Lipinski definition) is 0. The lowest BCUT2D eigenvalue weighted by atomic mass is 10.1. The first-order valence-corrected chi connectivity index (χ1v) is 5.40. The normalized spacial score (nSPS) is 15.9. The Hall–Kier alpha value is -1.24. The molecule has 1 aromatic carbocycles. The molecule has 1 aliphatic heterocycles. The molecule has 0 saturated heterocycles. The van der Waals surface area contributed by atoms with Gasteiger partial charge in [0.1, 0.15) is 0 Å². The van der Waals surface area contributed by atoms with Gasteiger partial charge in [-0.2, -0.15) is 0 Å². The molecular weight excluding hydrogens is 170 g/mol. The van der Waals surface area contributed by atoms with Crippen LogP contribution in [0.3, 0.4) is 0 Å². The Balaban J connectivity index is 1.82. The maximum absolute atomic E-state index is 2.41. The fourth-order valence-electron chi connectivity index (χ4n) is 1.81. The molecular formula is C13H17N. The van der Waals surface area contributed by atoms with Gasteiger partial charge in [-0.3, -0.25) is 0 Å². The van der Waals surface area contributed by atoms with Gasteiger partial charge in [-0.15, -0.1) is 0 Å². The average molecular weight is 187 g/mol. The number of rotatable bonds is 3. The second kappa shape index (κ2) is 4.85. The third kappa shape index (κ3) is 2.63. The van der Waals surface area contributed by atoms with Crippen molar-refractivity contribution in [2.24, 2.45) is 0 Å². The molecule has 0 spiro atoms. The summed E-state index contributed by atoms with van der Waals surface area (Å²) in [5.41, 5.74) is 1.44. The van der Waals surface area contributed by atoms with Crippen molar-refractivity contribution in [3.63, 3.8) is 0 Å². The molecule has 1 heterocycles. The van der Waals surface area contributed by atoms with Crippen LogP contribution in [-0.4, -0.2) is 18.0 Å². The lowest BCUT2D eigenvalue weighted by Crippen LogP contribution is -2.23. The van der Waals surface area contributed by atoms with E-state index in [2.05, 4.69) is 47.5 Å². The summed E-state index contributed by atoms with van der Waals surface area (Å²) in [5.74, 6) is 0. The minimum Gasteiger partial charge on any atom is -0.377 e. The van der Waals surface area contributed by atoms with Gasteiger partial charge >= 0.3 is 0 Å². The van der Waals surface area contributed by atoms with E-state index in [1.807, 2.05) is 0 Å². The first-order chi connectivity index (χ1) is 6.95. The largest absolute Gasteiger partial charge is 0.377 e. The van der Waals surface area contributed by atoms with Gasteiger partial charge < -0.3 is 4.90 Å². The summed E-state index contributed by atoms with van der Waals surface area (Å²) in [5, 5.41) is 0. The summed E-state index contributed by atoms with van der Waals surface area (Å²) in [6.07, 6.45) is 8.24. The van der Waals surface area contributed by atoms with Crippen molar-refractivity contribution in [3.05, 3.63) is 48.2 Å². The first-order valence-electron chi connectivity index (χ1n) is 5.40. The van der Waals surface area contributed by atoms with Crippen molar-refractivity contribution >= 4 is 0 Å². The van der Waals surface area contributed by atoms with E-state index in [0.717, 1.165) is 13.0 Å². The van der Waals surface area contributed by atoms with E-state index in [1.165, 1.54) is 24.9 Å². The van der Waals surface area contributed by atoms with Gasteiger partial charge in [0.15, 0.2) is 0 Å². The summed E-state index contributed by atoms with van der Waals surface area (Å²) in [4.78, 5) is 2.41. The highest BCUT2D eigenvalue weighted by Crippen LogP contribution is 2.07. The summed E-state index contributed by atoms with van der Waals surface area (Å²) in [7, 11) is 0. The van der Waals surface area contributed by atoms with Gasteiger partial charge in [-0.1, -0.05) is 36.4 Å². The Labute approximate surface area is 86.1 Å². The van der Waals surface area contributed by atoms with Crippen LogP contribution in [0.25, 0.3) is 0 Å². The van der Waals surface area contributed by atoms with Crippen LogP contribution in [0.5, 0.6) is 0 Å². The minimum atomic E-state index is 1.15. The van der Waals surface area contributed by atoms with E-state index in [-0.39, 0.29) is 0 Å². The molecule has 0 bridgehead atoms. The van der Waals surface area contributed by atoms with Crippen LogP contribution in [0, 0.1) is 0 Å². The molecule has 1 aromatic rings. The third-order valence-corrected chi connectivity index (χ3v) is 2.66. The van der Waals surface area contributed by atoms with Gasteiger partial charge in [0.05, 0.1) is 0 Å². The molecule has 0 atom stereocenters. The van der Waals surface area contributed by atoms with Gasteiger partial charge in [0, 0.05) is 13.1 Å². The quantitative estimate of drug-likeness (QED) is 0.703. The monoisotopic (exact) mass is 187 g/mol. The van der Waals surface area contributed by atoms with Gasteiger partial charge in [-0.25, -0.2) is 0 Å². The SMILES string of the molecule is C1=CN(CCc2ccccc2)CCC1. The Morgan fingerprint density at radius 2 is 2.00 bits per heavy atom. The number of nitrogens with zero attached hydrogens (tertiary/aromatic N) is 1. The molecule has 0 aromatic heterocycles. The topological polar surface area (TPSA) is 3.24 Å². The molecule has 0 amide bonds. The van der Waals surface area contributed by atoms with Gasteiger partial charge in [-0.05, 0) is 31.0 Å². The van der Waals surface area contributed by atoms with Crippen molar-refractivity contribution in [2.45, 2.75) is 19.3 Å². The van der Waals surface area contributed by atoms with Crippen molar-refractivity contribution in [3.8, 4) is 0 Å². The van der Waals surface area contributed by atoms with Crippen LogP contribution in [0.4, 0.5) is 0 Å². The molecule has 14 heavy (non-hydrogen) atoms. The fourth-order valence-corrected chi connectivity index (χ4v) is 1.81. The van der Waals surface area contributed by atoms with Crippen LogP contribution < -0.4 is 0 Å². The van der Waals surface area contributed by atoms with Crippen molar-refractivity contribution in [1.82, 2.24) is 4.90 Å². The molecule has 0 N–H and O–H groups in total. The second-order valence-electron chi connectivity index (χ2n) is 3.80. The number of hydrogen-bond acceptors (Lipinski definition) is 1. The zero-order valence-corrected chi connectivity index (χ0v) is 8.52. The van der Waals surface area contributed by atoms with E-state index in [0.29, 0.717) is 0 Å². The van der Waals surface area contributed by atoms with Crippen LogP contribution in [0.2, 0.25) is 0 Å². The van der Waals surface area contributed by atoms with Crippen LogP contribution in [0.15, 0.2) is 42.6 Å². The predicted octanol–water partition coefficient (Wildman–Crippen LogP) is 2.84. The molecule has 0 saturated carbocycles. The molecule has 1 aliphatic rings. The Kier molecular flexibility index (Phi) is 3.23. The smallest absolute Gasteiger partial charge is 0.0212 e. The standard InChI is InChI=1S/C13H17N/c1-3-7-13(8-4-1)9-12-14-10-5-2-6-11-14/h1,3-5,7-8,10H,2,6,9,11-12H2. The predicted molar refractivity (Wildman–Crippen MR) is 60.1 cm³/mol. The van der Waals surface area contributed by atoms with E-state index in [4.69, 9.17) is 0 Å². The Morgan fingerprint density at radius 1 is 1.14 bits per heavy atom.